The average Bonchev–Trinajstić information content (AvgIpc) is 3.50. The molecule has 0 spiro atoms. The van der Waals surface area contributed by atoms with E-state index in [1.165, 1.54) is 16.9 Å². The number of nitrogens with one attached hydrogen (secondary N) is 1. The molecule has 0 bridgehead atoms. The maximum Gasteiger partial charge on any atom is 0.307 e. The number of anilines is 1. The van der Waals surface area contributed by atoms with E-state index in [1.807, 2.05) is 17.8 Å². The Hall–Kier alpha value is -4.22. The molecule has 1 amide bonds. The Bertz CT molecular complexity index is 1180. The van der Waals surface area contributed by atoms with Crippen molar-refractivity contribution in [3.63, 3.8) is 0 Å². The Labute approximate surface area is 169 Å². The summed E-state index contributed by atoms with van der Waals surface area (Å²) in [5.74, 6) is 0.136. The Morgan fingerprint density at radius 3 is 2.57 bits per heavy atom. The summed E-state index contributed by atoms with van der Waals surface area (Å²) in [5, 5.41) is 25.8. The van der Waals surface area contributed by atoms with Gasteiger partial charge in [0.25, 0.3) is 5.91 Å². The Kier molecular flexibility index (Phi) is 5.11. The van der Waals surface area contributed by atoms with E-state index >= 15 is 0 Å². The highest BCUT2D eigenvalue weighted by Gasteiger charge is 2.15. The van der Waals surface area contributed by atoms with E-state index in [0.29, 0.717) is 18.0 Å². The van der Waals surface area contributed by atoms with Gasteiger partial charge in [0.2, 0.25) is 0 Å². The summed E-state index contributed by atoms with van der Waals surface area (Å²) >= 11 is 0. The smallest absolute Gasteiger partial charge is 0.307 e. The van der Waals surface area contributed by atoms with Crippen molar-refractivity contribution in [2.45, 2.75) is 26.6 Å². The lowest BCUT2D eigenvalue weighted by molar-refractivity contribution is -0.385. The molecule has 0 fully saturated rings. The van der Waals surface area contributed by atoms with Gasteiger partial charge in [0.1, 0.15) is 18.2 Å². The molecule has 0 aliphatic carbocycles. The van der Waals surface area contributed by atoms with E-state index in [4.69, 9.17) is 4.42 Å². The molecule has 30 heavy (non-hydrogen) atoms. The molecule has 0 radical (unpaired) electrons. The van der Waals surface area contributed by atoms with Crippen molar-refractivity contribution >= 4 is 17.3 Å². The van der Waals surface area contributed by atoms with Gasteiger partial charge in [-0.05, 0) is 19.1 Å². The zero-order valence-electron chi connectivity index (χ0n) is 16.0. The quantitative estimate of drug-likeness (QED) is 0.347. The van der Waals surface area contributed by atoms with Gasteiger partial charge in [-0.1, -0.05) is 0 Å². The van der Waals surface area contributed by atoms with E-state index in [1.54, 1.807) is 29.3 Å². The minimum atomic E-state index is -0.527. The third-order valence-corrected chi connectivity index (χ3v) is 4.28. The SMILES string of the molecule is CCn1cc(Cn2cc(NC(=O)c3ccc(Cn4cc([N+](=O)[O-])cn4)o3)cn2)cn1. The number of amides is 1. The minimum absolute atomic E-state index is 0.112. The zero-order valence-corrected chi connectivity index (χ0v) is 16.0. The van der Waals surface area contributed by atoms with Gasteiger partial charge in [0, 0.05) is 24.5 Å². The average molecular weight is 410 g/mol. The summed E-state index contributed by atoms with van der Waals surface area (Å²) in [4.78, 5) is 22.6. The summed E-state index contributed by atoms with van der Waals surface area (Å²) in [6, 6.07) is 3.16. The lowest BCUT2D eigenvalue weighted by Gasteiger charge is -2.00. The van der Waals surface area contributed by atoms with Crippen LogP contribution < -0.4 is 5.32 Å². The Morgan fingerprint density at radius 1 is 1.07 bits per heavy atom. The molecular formula is C18H18N8O4. The molecule has 0 aromatic carbocycles. The van der Waals surface area contributed by atoms with Crippen LogP contribution in [0.5, 0.6) is 0 Å². The molecular weight excluding hydrogens is 392 g/mol. The van der Waals surface area contributed by atoms with Crippen molar-refractivity contribution in [2.75, 3.05) is 5.32 Å². The van der Waals surface area contributed by atoms with Crippen LogP contribution in [0.15, 0.2) is 53.7 Å². The van der Waals surface area contributed by atoms with Crippen LogP contribution in [0.3, 0.4) is 0 Å². The molecule has 12 heteroatoms. The van der Waals surface area contributed by atoms with Crippen LogP contribution in [0.1, 0.15) is 28.8 Å². The number of hydrogen-bond acceptors (Lipinski definition) is 7. The fourth-order valence-corrected chi connectivity index (χ4v) is 2.83. The van der Waals surface area contributed by atoms with Crippen molar-refractivity contribution in [1.29, 1.82) is 0 Å². The molecule has 0 saturated heterocycles. The molecule has 0 aliphatic heterocycles. The van der Waals surface area contributed by atoms with E-state index in [-0.39, 0.29) is 18.0 Å². The maximum absolute atomic E-state index is 12.4. The highest BCUT2D eigenvalue weighted by Crippen LogP contribution is 2.15. The third-order valence-electron chi connectivity index (χ3n) is 4.28. The second-order valence-corrected chi connectivity index (χ2v) is 6.50. The van der Waals surface area contributed by atoms with Gasteiger partial charge >= 0.3 is 5.69 Å². The summed E-state index contributed by atoms with van der Waals surface area (Å²) in [5.41, 5.74) is 1.43. The number of furan rings is 1. The first-order chi connectivity index (χ1) is 14.5. The largest absolute Gasteiger partial charge is 0.454 e. The van der Waals surface area contributed by atoms with Crippen LogP contribution >= 0.6 is 0 Å². The van der Waals surface area contributed by atoms with Gasteiger partial charge in [-0.3, -0.25) is 29.0 Å². The van der Waals surface area contributed by atoms with Crippen LogP contribution in [0.2, 0.25) is 0 Å². The fourth-order valence-electron chi connectivity index (χ4n) is 2.83. The number of nitrogens with zero attached hydrogens (tertiary/aromatic N) is 7. The molecule has 12 nitrogen and oxygen atoms in total. The van der Waals surface area contributed by atoms with Gasteiger partial charge in [-0.2, -0.15) is 15.3 Å². The first-order valence-corrected chi connectivity index (χ1v) is 9.11. The molecule has 4 heterocycles. The van der Waals surface area contributed by atoms with Crippen molar-refractivity contribution < 1.29 is 14.1 Å². The second kappa shape index (κ2) is 8.03. The van der Waals surface area contributed by atoms with Gasteiger partial charge in [-0.15, -0.1) is 0 Å². The number of aryl methyl sites for hydroxylation is 1. The highest BCUT2D eigenvalue weighted by atomic mass is 16.6. The lowest BCUT2D eigenvalue weighted by atomic mass is 10.3. The molecule has 0 aliphatic rings. The normalized spacial score (nSPS) is 11.0. The molecule has 4 rings (SSSR count). The second-order valence-electron chi connectivity index (χ2n) is 6.50. The predicted molar refractivity (Wildman–Crippen MR) is 104 cm³/mol. The number of hydrogen-bond donors (Lipinski definition) is 1. The standard InChI is InChI=1S/C18H18N8O4/c1-2-23-8-13(5-19-23)9-24-10-14(6-20-24)22-18(27)17-4-3-16(30-17)12-25-11-15(7-21-25)26(28)29/h3-8,10-11H,2,9,12H2,1H3,(H,22,27). The first-order valence-electron chi connectivity index (χ1n) is 9.11. The number of rotatable bonds is 8. The molecule has 1 N–H and O–H groups in total. The summed E-state index contributed by atoms with van der Waals surface area (Å²) in [6.45, 7) is 3.52. The van der Waals surface area contributed by atoms with Crippen molar-refractivity contribution in [1.82, 2.24) is 29.3 Å². The number of carbonyl (C=O) groups is 1. The van der Waals surface area contributed by atoms with Crippen molar-refractivity contribution in [3.8, 4) is 0 Å². The number of carbonyl (C=O) groups excluding carboxylic acids is 1. The first kappa shape index (κ1) is 19.1. The van der Waals surface area contributed by atoms with Crippen LogP contribution in [0.25, 0.3) is 0 Å². The molecule has 154 valence electrons. The van der Waals surface area contributed by atoms with Gasteiger partial charge < -0.3 is 9.73 Å². The monoisotopic (exact) mass is 410 g/mol. The summed E-state index contributed by atoms with van der Waals surface area (Å²) in [6.07, 6.45) is 9.44. The van der Waals surface area contributed by atoms with Crippen LogP contribution in [-0.2, 0) is 19.6 Å². The lowest BCUT2D eigenvalue weighted by Crippen LogP contribution is -2.10. The summed E-state index contributed by atoms with van der Waals surface area (Å²) in [7, 11) is 0. The Balaban J connectivity index is 1.36. The molecule has 0 saturated carbocycles. The Morgan fingerprint density at radius 2 is 1.83 bits per heavy atom. The predicted octanol–water partition coefficient (Wildman–Crippen LogP) is 2.15. The minimum Gasteiger partial charge on any atom is -0.454 e. The van der Waals surface area contributed by atoms with Crippen LogP contribution in [0.4, 0.5) is 11.4 Å². The number of aromatic nitrogens is 6. The number of nitro groups is 1. The maximum atomic E-state index is 12.4. The fraction of sp³-hybridized carbons (Fsp3) is 0.222. The van der Waals surface area contributed by atoms with Gasteiger partial charge in [-0.25, -0.2) is 0 Å². The summed E-state index contributed by atoms with van der Waals surface area (Å²) < 4.78 is 10.4. The van der Waals surface area contributed by atoms with E-state index in [9.17, 15) is 14.9 Å². The van der Waals surface area contributed by atoms with Crippen LogP contribution in [0, 0.1) is 10.1 Å². The van der Waals surface area contributed by atoms with Crippen molar-refractivity contribution in [3.05, 3.63) is 76.5 Å². The topological polar surface area (TPSA) is 139 Å². The van der Waals surface area contributed by atoms with Gasteiger partial charge in [0.15, 0.2) is 5.76 Å². The zero-order chi connectivity index (χ0) is 21.1. The highest BCUT2D eigenvalue weighted by molar-refractivity contribution is 6.02. The molecule has 4 aromatic heterocycles. The van der Waals surface area contributed by atoms with E-state index < -0.39 is 10.8 Å². The van der Waals surface area contributed by atoms with Crippen LogP contribution in [-0.4, -0.2) is 40.2 Å². The van der Waals surface area contributed by atoms with Crippen molar-refractivity contribution in [2.24, 2.45) is 0 Å². The molecule has 0 unspecified atom stereocenters. The third kappa shape index (κ3) is 4.27. The van der Waals surface area contributed by atoms with E-state index in [2.05, 4.69) is 20.6 Å². The molecule has 4 aromatic rings. The van der Waals surface area contributed by atoms with Gasteiger partial charge in [0.05, 0.1) is 36.1 Å². The van der Waals surface area contributed by atoms with E-state index in [0.717, 1.165) is 18.3 Å². The molecule has 0 atom stereocenters.